The number of aryl methyl sites for hydroxylation is 2. The summed E-state index contributed by atoms with van der Waals surface area (Å²) in [6, 6.07) is 7.04. The van der Waals surface area contributed by atoms with Gasteiger partial charge in [-0.15, -0.1) is 0 Å². The van der Waals surface area contributed by atoms with Crippen LogP contribution in [-0.2, 0) is 11.2 Å². The van der Waals surface area contributed by atoms with Crippen molar-refractivity contribution >= 4 is 11.6 Å². The lowest BCUT2D eigenvalue weighted by Gasteiger charge is -2.31. The summed E-state index contributed by atoms with van der Waals surface area (Å²) >= 11 is 0. The second-order valence-electron chi connectivity index (χ2n) is 5.71. The van der Waals surface area contributed by atoms with Crippen LogP contribution in [0.3, 0.4) is 0 Å². The molecule has 0 atom stereocenters. The van der Waals surface area contributed by atoms with E-state index in [1.807, 2.05) is 4.90 Å². The van der Waals surface area contributed by atoms with Crippen LogP contribution in [0.15, 0.2) is 18.2 Å². The molecule has 1 aromatic rings. The first-order valence-electron chi connectivity index (χ1n) is 7.38. The zero-order valence-corrected chi connectivity index (χ0v) is 11.6. The van der Waals surface area contributed by atoms with E-state index in [4.69, 9.17) is 0 Å². The molecule has 1 saturated carbocycles. The van der Waals surface area contributed by atoms with Gasteiger partial charge in [0.1, 0.15) is 0 Å². The van der Waals surface area contributed by atoms with E-state index >= 15 is 0 Å². The Labute approximate surface area is 115 Å². The van der Waals surface area contributed by atoms with Gasteiger partial charge in [0, 0.05) is 31.2 Å². The molecule has 3 heteroatoms. The molecule has 0 saturated heterocycles. The van der Waals surface area contributed by atoms with Gasteiger partial charge in [-0.2, -0.15) is 0 Å². The van der Waals surface area contributed by atoms with Gasteiger partial charge in [-0.25, -0.2) is 0 Å². The number of carbonyl (C=O) groups excluding carboxylic acids is 1. The highest BCUT2D eigenvalue weighted by Gasteiger charge is 2.25. The van der Waals surface area contributed by atoms with Crippen molar-refractivity contribution in [3.63, 3.8) is 0 Å². The Hall–Kier alpha value is -1.35. The van der Waals surface area contributed by atoms with Crippen LogP contribution in [0.25, 0.3) is 0 Å². The van der Waals surface area contributed by atoms with Crippen LogP contribution < -0.4 is 10.2 Å². The lowest BCUT2D eigenvalue weighted by Crippen LogP contribution is -2.37. The second kappa shape index (κ2) is 5.33. The molecule has 0 bridgehead atoms. The molecule has 1 aliphatic carbocycles. The number of para-hydroxylation sites is 1. The lowest BCUT2D eigenvalue weighted by atomic mass is 9.98. The average Bonchev–Trinajstić information content (AvgIpc) is 3.22. The van der Waals surface area contributed by atoms with E-state index in [1.54, 1.807) is 0 Å². The monoisotopic (exact) mass is 258 g/mol. The van der Waals surface area contributed by atoms with Crippen LogP contribution in [0.4, 0.5) is 5.69 Å². The van der Waals surface area contributed by atoms with E-state index in [0.29, 0.717) is 12.5 Å². The Kier molecular flexibility index (Phi) is 3.56. The first kappa shape index (κ1) is 12.7. The maximum absolute atomic E-state index is 12.4. The average molecular weight is 258 g/mol. The molecule has 19 heavy (non-hydrogen) atoms. The molecule has 102 valence electrons. The van der Waals surface area contributed by atoms with E-state index in [9.17, 15) is 4.79 Å². The summed E-state index contributed by atoms with van der Waals surface area (Å²) < 4.78 is 0. The molecule has 3 rings (SSSR count). The second-order valence-corrected chi connectivity index (χ2v) is 5.71. The molecule has 1 aromatic carbocycles. The normalized spacial score (nSPS) is 18.3. The van der Waals surface area contributed by atoms with Crippen molar-refractivity contribution in [2.75, 3.05) is 18.0 Å². The lowest BCUT2D eigenvalue weighted by molar-refractivity contribution is -0.118. The Bertz CT molecular complexity index is 480. The predicted molar refractivity (Wildman–Crippen MR) is 77.5 cm³/mol. The van der Waals surface area contributed by atoms with Crippen molar-refractivity contribution in [2.24, 2.45) is 0 Å². The van der Waals surface area contributed by atoms with E-state index in [1.165, 1.54) is 29.7 Å². The fraction of sp³-hybridized carbons (Fsp3) is 0.562. The number of fused-ring (bicyclic) bond motifs is 1. The zero-order valence-electron chi connectivity index (χ0n) is 11.6. The van der Waals surface area contributed by atoms with Crippen molar-refractivity contribution in [1.82, 2.24) is 5.32 Å². The third-order valence-corrected chi connectivity index (χ3v) is 4.07. The van der Waals surface area contributed by atoms with Crippen LogP contribution in [0.2, 0.25) is 0 Å². The van der Waals surface area contributed by atoms with Crippen molar-refractivity contribution in [2.45, 2.75) is 45.1 Å². The van der Waals surface area contributed by atoms with E-state index < -0.39 is 0 Å². The molecular formula is C16H22N2O. The first-order valence-corrected chi connectivity index (χ1v) is 7.38. The molecule has 0 unspecified atom stereocenters. The summed E-state index contributed by atoms with van der Waals surface area (Å²) in [7, 11) is 0. The third kappa shape index (κ3) is 2.81. The molecule has 1 N–H and O–H groups in total. The Morgan fingerprint density at radius 2 is 2.26 bits per heavy atom. The number of amides is 1. The molecule has 1 amide bonds. The molecule has 1 fully saturated rings. The van der Waals surface area contributed by atoms with Gasteiger partial charge < -0.3 is 10.2 Å². The maximum Gasteiger partial charge on any atom is 0.228 e. The van der Waals surface area contributed by atoms with Gasteiger partial charge in [0.25, 0.3) is 0 Å². The summed E-state index contributed by atoms with van der Waals surface area (Å²) in [4.78, 5) is 14.4. The molecule has 0 aromatic heterocycles. The smallest absolute Gasteiger partial charge is 0.228 e. The van der Waals surface area contributed by atoms with E-state index in [2.05, 4.69) is 30.4 Å². The van der Waals surface area contributed by atoms with Crippen LogP contribution in [-0.4, -0.2) is 25.0 Å². The minimum Gasteiger partial charge on any atom is -0.313 e. The van der Waals surface area contributed by atoms with Gasteiger partial charge in [-0.1, -0.05) is 18.2 Å². The molecule has 2 aliphatic rings. The summed E-state index contributed by atoms with van der Waals surface area (Å²) in [5.74, 6) is 0.267. The molecule has 0 radical (unpaired) electrons. The summed E-state index contributed by atoms with van der Waals surface area (Å²) in [6.07, 6.45) is 5.35. The Morgan fingerprint density at radius 1 is 1.42 bits per heavy atom. The van der Waals surface area contributed by atoms with Gasteiger partial charge in [0.15, 0.2) is 0 Å². The van der Waals surface area contributed by atoms with Crippen molar-refractivity contribution in [1.29, 1.82) is 0 Å². The molecule has 0 spiro atoms. The summed E-state index contributed by atoms with van der Waals surface area (Å²) in [5.41, 5.74) is 3.72. The zero-order chi connectivity index (χ0) is 13.2. The number of carbonyl (C=O) groups is 1. The van der Waals surface area contributed by atoms with Crippen LogP contribution in [0, 0.1) is 6.92 Å². The fourth-order valence-corrected chi connectivity index (χ4v) is 2.90. The van der Waals surface area contributed by atoms with Gasteiger partial charge in [-0.3, -0.25) is 4.79 Å². The van der Waals surface area contributed by atoms with Crippen molar-refractivity contribution in [3.8, 4) is 0 Å². The predicted octanol–water partition coefficient (Wildman–Crippen LogP) is 2.42. The van der Waals surface area contributed by atoms with Crippen LogP contribution in [0.5, 0.6) is 0 Å². The van der Waals surface area contributed by atoms with E-state index in [0.717, 1.165) is 25.9 Å². The maximum atomic E-state index is 12.4. The van der Waals surface area contributed by atoms with E-state index in [-0.39, 0.29) is 5.91 Å². The van der Waals surface area contributed by atoms with Crippen molar-refractivity contribution in [3.05, 3.63) is 29.3 Å². The number of nitrogens with zero attached hydrogens (tertiary/aromatic N) is 1. The number of hydrogen-bond acceptors (Lipinski definition) is 2. The Balaban J connectivity index is 1.69. The number of anilines is 1. The standard InChI is InChI=1S/C16H22N2O/c1-12-4-2-5-13-6-3-11-18(16(12)13)15(19)9-10-17-14-7-8-14/h2,4-5,14,17H,3,6-11H2,1H3. The van der Waals surface area contributed by atoms with Gasteiger partial charge >= 0.3 is 0 Å². The summed E-state index contributed by atoms with van der Waals surface area (Å²) in [6.45, 7) is 3.80. The minimum atomic E-state index is 0.267. The summed E-state index contributed by atoms with van der Waals surface area (Å²) in [5, 5.41) is 3.42. The van der Waals surface area contributed by atoms with Gasteiger partial charge in [0.2, 0.25) is 5.91 Å². The highest BCUT2D eigenvalue weighted by molar-refractivity contribution is 5.95. The minimum absolute atomic E-state index is 0.267. The molecule has 3 nitrogen and oxygen atoms in total. The van der Waals surface area contributed by atoms with Crippen LogP contribution in [0.1, 0.15) is 36.8 Å². The number of rotatable bonds is 4. The molecular weight excluding hydrogens is 236 g/mol. The topological polar surface area (TPSA) is 32.3 Å². The molecule has 1 aliphatic heterocycles. The highest BCUT2D eigenvalue weighted by Crippen LogP contribution is 2.30. The SMILES string of the molecule is Cc1cccc2c1N(C(=O)CCNC1CC1)CCC2. The Morgan fingerprint density at radius 3 is 3.05 bits per heavy atom. The largest absolute Gasteiger partial charge is 0.313 e. The van der Waals surface area contributed by atoms with Gasteiger partial charge in [-0.05, 0) is 43.7 Å². The first-order chi connectivity index (χ1) is 9.25. The fourth-order valence-electron chi connectivity index (χ4n) is 2.90. The number of hydrogen-bond donors (Lipinski definition) is 1. The van der Waals surface area contributed by atoms with Crippen LogP contribution >= 0.6 is 0 Å². The van der Waals surface area contributed by atoms with Crippen molar-refractivity contribution < 1.29 is 4.79 Å². The number of nitrogens with one attached hydrogen (secondary N) is 1. The van der Waals surface area contributed by atoms with Gasteiger partial charge in [0.05, 0.1) is 0 Å². The highest BCUT2D eigenvalue weighted by atomic mass is 16.2. The quantitative estimate of drug-likeness (QED) is 0.899. The third-order valence-electron chi connectivity index (χ3n) is 4.07. The molecule has 1 heterocycles. The number of benzene rings is 1.